The lowest BCUT2D eigenvalue weighted by molar-refractivity contribution is 0.100. The maximum atomic E-state index is 11.0. The van der Waals surface area contributed by atoms with E-state index in [1.54, 1.807) is 12.0 Å². The molecular formula is C13H17N3O3. The first-order chi connectivity index (χ1) is 9.17. The van der Waals surface area contributed by atoms with Gasteiger partial charge in [-0.25, -0.2) is 9.78 Å². The van der Waals surface area contributed by atoms with Crippen LogP contribution in [-0.2, 0) is 6.54 Å². The summed E-state index contributed by atoms with van der Waals surface area (Å²) in [5, 5.41) is 9.05. The third-order valence-corrected chi connectivity index (χ3v) is 3.99. The Morgan fingerprint density at radius 3 is 2.84 bits per heavy atom. The van der Waals surface area contributed by atoms with Crippen molar-refractivity contribution in [2.45, 2.75) is 25.0 Å². The molecule has 2 bridgehead atoms. The lowest BCUT2D eigenvalue weighted by Crippen LogP contribution is -2.47. The van der Waals surface area contributed by atoms with Crippen molar-refractivity contribution >= 4 is 6.09 Å². The summed E-state index contributed by atoms with van der Waals surface area (Å²) in [7, 11) is 1.60. The normalized spacial score (nSPS) is 25.8. The van der Waals surface area contributed by atoms with Gasteiger partial charge in [0.05, 0.1) is 7.11 Å². The van der Waals surface area contributed by atoms with Crippen molar-refractivity contribution in [2.75, 3.05) is 20.2 Å². The predicted octanol–water partition coefficient (Wildman–Crippen LogP) is 1.03. The van der Waals surface area contributed by atoms with Crippen LogP contribution in [0.25, 0.3) is 0 Å². The quantitative estimate of drug-likeness (QED) is 0.882. The van der Waals surface area contributed by atoms with Crippen LogP contribution >= 0.6 is 0 Å². The first kappa shape index (κ1) is 12.2. The Balaban J connectivity index is 1.62. The number of nitrogens with zero attached hydrogens (tertiary/aromatic N) is 3. The number of amides is 1. The van der Waals surface area contributed by atoms with Crippen molar-refractivity contribution in [1.29, 1.82) is 0 Å². The molecular weight excluding hydrogens is 246 g/mol. The molecule has 0 aromatic carbocycles. The number of likely N-dealkylation sites (tertiary alicyclic amines) is 2. The molecule has 102 valence electrons. The fourth-order valence-electron chi connectivity index (χ4n) is 3.04. The molecule has 0 unspecified atom stereocenters. The molecule has 0 aliphatic carbocycles. The Morgan fingerprint density at radius 1 is 1.47 bits per heavy atom. The van der Waals surface area contributed by atoms with Gasteiger partial charge in [0, 0.05) is 44.0 Å². The van der Waals surface area contributed by atoms with Crippen LogP contribution in [-0.4, -0.2) is 58.3 Å². The van der Waals surface area contributed by atoms with Crippen molar-refractivity contribution in [1.82, 2.24) is 14.8 Å². The van der Waals surface area contributed by atoms with E-state index in [1.807, 2.05) is 18.3 Å². The van der Waals surface area contributed by atoms with E-state index in [1.165, 1.54) is 0 Å². The standard InChI is InChI=1S/C13H17N3O3/c1-19-12-3-2-9(5-14-12)6-15-7-11-4-10(15)8-16(11)13(17)18/h2-3,5,10-11H,4,6-8H2,1H3,(H,17,18)/t10-,11-/m1/s1. The molecule has 2 aliphatic rings. The molecule has 1 aromatic rings. The highest BCUT2D eigenvalue weighted by atomic mass is 16.5. The van der Waals surface area contributed by atoms with Gasteiger partial charge in [0.2, 0.25) is 5.88 Å². The number of hydrogen-bond acceptors (Lipinski definition) is 4. The van der Waals surface area contributed by atoms with Gasteiger partial charge in [-0.3, -0.25) is 4.90 Å². The molecule has 3 rings (SSSR count). The van der Waals surface area contributed by atoms with Gasteiger partial charge in [-0.15, -0.1) is 0 Å². The fourth-order valence-corrected chi connectivity index (χ4v) is 3.04. The molecule has 2 saturated heterocycles. The molecule has 2 atom stereocenters. The van der Waals surface area contributed by atoms with E-state index >= 15 is 0 Å². The maximum Gasteiger partial charge on any atom is 0.407 e. The lowest BCUT2D eigenvalue weighted by atomic mass is 10.2. The average molecular weight is 263 g/mol. The zero-order valence-electron chi connectivity index (χ0n) is 10.8. The lowest BCUT2D eigenvalue weighted by Gasteiger charge is -2.32. The van der Waals surface area contributed by atoms with Gasteiger partial charge in [0.1, 0.15) is 0 Å². The third kappa shape index (κ3) is 2.23. The third-order valence-electron chi connectivity index (χ3n) is 3.99. The number of carbonyl (C=O) groups is 1. The van der Waals surface area contributed by atoms with E-state index in [4.69, 9.17) is 9.84 Å². The van der Waals surface area contributed by atoms with Crippen molar-refractivity contribution in [3.05, 3.63) is 23.9 Å². The number of pyridine rings is 1. The van der Waals surface area contributed by atoms with Gasteiger partial charge in [0.15, 0.2) is 0 Å². The minimum atomic E-state index is -0.793. The number of carboxylic acid groups (broad SMARTS) is 1. The van der Waals surface area contributed by atoms with Crippen LogP contribution in [0.2, 0.25) is 0 Å². The fraction of sp³-hybridized carbons (Fsp3) is 0.538. The van der Waals surface area contributed by atoms with Crippen molar-refractivity contribution in [2.24, 2.45) is 0 Å². The number of hydrogen-bond donors (Lipinski definition) is 1. The Bertz CT molecular complexity index is 477. The highest BCUT2D eigenvalue weighted by Gasteiger charge is 2.45. The van der Waals surface area contributed by atoms with E-state index in [0.29, 0.717) is 18.5 Å². The molecule has 2 aliphatic heterocycles. The van der Waals surface area contributed by atoms with E-state index in [2.05, 4.69) is 9.88 Å². The smallest absolute Gasteiger partial charge is 0.407 e. The first-order valence-corrected chi connectivity index (χ1v) is 6.40. The van der Waals surface area contributed by atoms with Crippen molar-refractivity contribution < 1.29 is 14.6 Å². The number of aromatic nitrogens is 1. The summed E-state index contributed by atoms with van der Waals surface area (Å²) >= 11 is 0. The summed E-state index contributed by atoms with van der Waals surface area (Å²) in [5.74, 6) is 0.615. The molecule has 1 amide bonds. The molecule has 0 radical (unpaired) electrons. The number of rotatable bonds is 3. The molecule has 0 spiro atoms. The van der Waals surface area contributed by atoms with Crippen molar-refractivity contribution in [3.8, 4) is 5.88 Å². The van der Waals surface area contributed by atoms with Gasteiger partial charge >= 0.3 is 6.09 Å². The molecule has 3 heterocycles. The maximum absolute atomic E-state index is 11.0. The Morgan fingerprint density at radius 2 is 2.32 bits per heavy atom. The van der Waals surface area contributed by atoms with Gasteiger partial charge < -0.3 is 14.7 Å². The molecule has 0 saturated carbocycles. The monoisotopic (exact) mass is 263 g/mol. The summed E-state index contributed by atoms with van der Waals surface area (Å²) in [6.45, 7) is 2.28. The predicted molar refractivity (Wildman–Crippen MR) is 68.1 cm³/mol. The first-order valence-electron chi connectivity index (χ1n) is 6.40. The number of fused-ring (bicyclic) bond motifs is 2. The van der Waals surface area contributed by atoms with Crippen LogP contribution in [0, 0.1) is 0 Å². The largest absolute Gasteiger partial charge is 0.481 e. The second kappa shape index (κ2) is 4.70. The van der Waals surface area contributed by atoms with E-state index in [-0.39, 0.29) is 6.04 Å². The summed E-state index contributed by atoms with van der Waals surface area (Å²) in [4.78, 5) is 19.1. The topological polar surface area (TPSA) is 65.9 Å². The number of ether oxygens (including phenoxy) is 1. The summed E-state index contributed by atoms with van der Waals surface area (Å²) in [5.41, 5.74) is 1.13. The Kier molecular flexibility index (Phi) is 3.02. The van der Waals surface area contributed by atoms with Gasteiger partial charge in [-0.05, 0) is 12.0 Å². The van der Waals surface area contributed by atoms with Crippen LogP contribution in [0.3, 0.4) is 0 Å². The van der Waals surface area contributed by atoms with Crippen LogP contribution in [0.15, 0.2) is 18.3 Å². The number of piperazine rings is 1. The zero-order chi connectivity index (χ0) is 13.4. The Hall–Kier alpha value is -1.82. The minimum absolute atomic E-state index is 0.161. The van der Waals surface area contributed by atoms with Crippen LogP contribution in [0.1, 0.15) is 12.0 Å². The van der Waals surface area contributed by atoms with Gasteiger partial charge in [-0.2, -0.15) is 0 Å². The van der Waals surface area contributed by atoms with E-state index < -0.39 is 6.09 Å². The highest BCUT2D eigenvalue weighted by molar-refractivity contribution is 5.66. The van der Waals surface area contributed by atoms with Gasteiger partial charge in [0.25, 0.3) is 0 Å². The summed E-state index contributed by atoms with van der Waals surface area (Å²) in [6.07, 6.45) is 1.98. The van der Waals surface area contributed by atoms with Crippen LogP contribution in [0.5, 0.6) is 5.88 Å². The Labute approximate surface area is 111 Å². The van der Waals surface area contributed by atoms with E-state index in [9.17, 15) is 4.79 Å². The second-order valence-electron chi connectivity index (χ2n) is 5.12. The SMILES string of the molecule is COc1ccc(CN2C[C@H]3C[C@@H]2CN3C(=O)O)cn1. The number of methoxy groups -OCH3 is 1. The summed E-state index contributed by atoms with van der Waals surface area (Å²) in [6, 6.07) is 4.37. The average Bonchev–Trinajstić information content (AvgIpc) is 2.99. The molecule has 6 nitrogen and oxygen atoms in total. The molecule has 1 aromatic heterocycles. The van der Waals surface area contributed by atoms with Crippen LogP contribution in [0.4, 0.5) is 4.79 Å². The summed E-state index contributed by atoms with van der Waals surface area (Å²) < 4.78 is 5.03. The second-order valence-corrected chi connectivity index (χ2v) is 5.12. The minimum Gasteiger partial charge on any atom is -0.481 e. The molecule has 2 fully saturated rings. The van der Waals surface area contributed by atoms with Crippen LogP contribution < -0.4 is 4.74 Å². The zero-order valence-corrected chi connectivity index (χ0v) is 10.8. The van der Waals surface area contributed by atoms with Gasteiger partial charge in [-0.1, -0.05) is 6.07 Å². The van der Waals surface area contributed by atoms with E-state index in [0.717, 1.165) is 25.1 Å². The van der Waals surface area contributed by atoms with Crippen molar-refractivity contribution in [3.63, 3.8) is 0 Å². The highest BCUT2D eigenvalue weighted by Crippen LogP contribution is 2.31. The molecule has 6 heteroatoms. The molecule has 19 heavy (non-hydrogen) atoms. The molecule has 1 N–H and O–H groups in total.